The van der Waals surface area contributed by atoms with Crippen molar-refractivity contribution < 1.29 is 9.53 Å². The summed E-state index contributed by atoms with van der Waals surface area (Å²) in [6.45, 7) is 0.542. The molecule has 0 aromatic heterocycles. The summed E-state index contributed by atoms with van der Waals surface area (Å²) in [5.41, 5.74) is 8.96. The summed E-state index contributed by atoms with van der Waals surface area (Å²) in [5.74, 6) is 0.528. The Morgan fingerprint density at radius 2 is 1.50 bits per heavy atom. The average Bonchev–Trinajstić information content (AvgIpc) is 2.70. The molecular weight excluding hydrogens is 372 g/mol. The van der Waals surface area contributed by atoms with E-state index in [1.54, 1.807) is 0 Å². The maximum absolute atomic E-state index is 12.4. The molecule has 0 aliphatic rings. The van der Waals surface area contributed by atoms with E-state index < -0.39 is 0 Å². The Labute approximate surface area is 172 Å². The third-order valence-electron chi connectivity index (χ3n) is 4.29. The second-order valence-corrected chi connectivity index (χ2v) is 6.35. The first-order chi connectivity index (χ1) is 13.2. The largest absolute Gasteiger partial charge is 0.491 e. The lowest BCUT2D eigenvalue weighted by Crippen LogP contribution is -2.21. The lowest BCUT2D eigenvalue weighted by Gasteiger charge is -2.15. The molecule has 1 unspecified atom stereocenters. The Hall–Kier alpha value is -2.82. The molecule has 0 aliphatic carbocycles. The summed E-state index contributed by atoms with van der Waals surface area (Å²) in [6.07, 6.45) is 1.02. The van der Waals surface area contributed by atoms with E-state index >= 15 is 0 Å². The lowest BCUT2D eigenvalue weighted by atomic mass is 10.0. The number of rotatable bonds is 8. The number of nitrogens with one attached hydrogen (secondary N) is 1. The fourth-order valence-corrected chi connectivity index (χ4v) is 2.84. The van der Waals surface area contributed by atoms with Crippen molar-refractivity contribution in [3.05, 3.63) is 96.1 Å². The van der Waals surface area contributed by atoms with Gasteiger partial charge in [0.1, 0.15) is 5.75 Å². The number of anilines is 1. The van der Waals surface area contributed by atoms with Crippen LogP contribution in [0.3, 0.4) is 0 Å². The highest BCUT2D eigenvalue weighted by Crippen LogP contribution is 2.25. The number of para-hydroxylation sites is 2. The number of amides is 1. The van der Waals surface area contributed by atoms with Gasteiger partial charge in [0.15, 0.2) is 0 Å². The van der Waals surface area contributed by atoms with Gasteiger partial charge in [0.05, 0.1) is 12.3 Å². The van der Waals surface area contributed by atoms with E-state index in [-0.39, 0.29) is 30.8 Å². The zero-order valence-corrected chi connectivity index (χ0v) is 16.4. The highest BCUT2D eigenvalue weighted by molar-refractivity contribution is 5.92. The number of hydrogen-bond acceptors (Lipinski definition) is 3. The minimum absolute atomic E-state index is 0. The molecule has 0 saturated carbocycles. The van der Waals surface area contributed by atoms with Crippen molar-refractivity contribution in [3.8, 4) is 5.75 Å². The first kappa shape index (κ1) is 21.5. The highest BCUT2D eigenvalue weighted by atomic mass is 35.5. The molecule has 3 rings (SSSR count). The standard InChI is InChI=1S/C23H24N2O2.ClH/c24-20(19-11-5-2-6-12-19)17-23(26)25-21-13-7-8-14-22(21)27-16-15-18-9-3-1-4-10-18;/h1-14,20H,15-17,24H2,(H,25,26);1H. The molecule has 146 valence electrons. The number of carbonyl (C=O) groups is 1. The van der Waals surface area contributed by atoms with Crippen molar-refractivity contribution in [1.29, 1.82) is 0 Å². The summed E-state index contributed by atoms with van der Waals surface area (Å²) >= 11 is 0. The van der Waals surface area contributed by atoms with Gasteiger partial charge in [-0.25, -0.2) is 0 Å². The van der Waals surface area contributed by atoms with Crippen molar-refractivity contribution in [3.63, 3.8) is 0 Å². The van der Waals surface area contributed by atoms with Gasteiger partial charge in [-0.1, -0.05) is 72.8 Å². The maximum Gasteiger partial charge on any atom is 0.226 e. The number of hydrogen-bond donors (Lipinski definition) is 2. The predicted octanol–water partition coefficient (Wildman–Crippen LogP) is 4.76. The van der Waals surface area contributed by atoms with Gasteiger partial charge in [0.25, 0.3) is 0 Å². The van der Waals surface area contributed by atoms with Crippen molar-refractivity contribution in [2.24, 2.45) is 5.73 Å². The van der Waals surface area contributed by atoms with Crippen LogP contribution in [0.25, 0.3) is 0 Å². The first-order valence-electron chi connectivity index (χ1n) is 9.08. The lowest BCUT2D eigenvalue weighted by molar-refractivity contribution is -0.116. The van der Waals surface area contributed by atoms with Crippen LogP contribution >= 0.6 is 12.4 Å². The van der Waals surface area contributed by atoms with Crippen LogP contribution in [0.4, 0.5) is 5.69 Å². The van der Waals surface area contributed by atoms with Crippen LogP contribution < -0.4 is 15.8 Å². The zero-order chi connectivity index (χ0) is 18.9. The van der Waals surface area contributed by atoms with E-state index in [0.717, 1.165) is 12.0 Å². The maximum atomic E-state index is 12.4. The quantitative estimate of drug-likeness (QED) is 0.577. The van der Waals surface area contributed by atoms with Crippen LogP contribution in [-0.2, 0) is 11.2 Å². The third-order valence-corrected chi connectivity index (χ3v) is 4.29. The van der Waals surface area contributed by atoms with Gasteiger partial charge in [-0.3, -0.25) is 4.79 Å². The molecule has 1 atom stereocenters. The summed E-state index contributed by atoms with van der Waals surface area (Å²) < 4.78 is 5.89. The van der Waals surface area contributed by atoms with Gasteiger partial charge in [0, 0.05) is 18.9 Å². The molecule has 0 spiro atoms. The van der Waals surface area contributed by atoms with Gasteiger partial charge >= 0.3 is 0 Å². The molecule has 3 N–H and O–H groups in total. The van der Waals surface area contributed by atoms with E-state index in [0.29, 0.717) is 18.0 Å². The molecule has 0 heterocycles. The van der Waals surface area contributed by atoms with Crippen molar-refractivity contribution in [2.75, 3.05) is 11.9 Å². The van der Waals surface area contributed by atoms with Crippen LogP contribution in [0.2, 0.25) is 0 Å². The van der Waals surface area contributed by atoms with E-state index in [1.807, 2.05) is 72.8 Å². The summed E-state index contributed by atoms with van der Waals surface area (Å²) in [7, 11) is 0. The number of carbonyl (C=O) groups excluding carboxylic acids is 1. The molecule has 0 saturated heterocycles. The molecule has 4 nitrogen and oxygen atoms in total. The van der Waals surface area contributed by atoms with E-state index in [4.69, 9.17) is 10.5 Å². The normalized spacial score (nSPS) is 11.2. The molecule has 0 radical (unpaired) electrons. The molecule has 3 aromatic carbocycles. The average molecular weight is 397 g/mol. The smallest absolute Gasteiger partial charge is 0.226 e. The molecule has 0 aliphatic heterocycles. The van der Waals surface area contributed by atoms with Gasteiger partial charge in [-0.05, 0) is 23.3 Å². The summed E-state index contributed by atoms with van der Waals surface area (Å²) in [6, 6.07) is 26.9. The number of nitrogens with two attached hydrogens (primary N) is 1. The van der Waals surface area contributed by atoms with Crippen LogP contribution in [-0.4, -0.2) is 12.5 Å². The van der Waals surface area contributed by atoms with Crippen LogP contribution in [0, 0.1) is 0 Å². The van der Waals surface area contributed by atoms with Crippen molar-refractivity contribution in [1.82, 2.24) is 0 Å². The van der Waals surface area contributed by atoms with E-state index in [1.165, 1.54) is 5.56 Å². The summed E-state index contributed by atoms with van der Waals surface area (Å²) in [4.78, 5) is 12.4. The molecule has 0 bridgehead atoms. The topological polar surface area (TPSA) is 64.4 Å². The Balaban J connectivity index is 0.00000280. The predicted molar refractivity (Wildman–Crippen MR) is 116 cm³/mol. The highest BCUT2D eigenvalue weighted by Gasteiger charge is 2.13. The molecular formula is C23H25ClN2O2. The monoisotopic (exact) mass is 396 g/mol. The molecule has 1 amide bonds. The summed E-state index contributed by atoms with van der Waals surface area (Å²) in [5, 5.41) is 2.92. The molecule has 0 fully saturated rings. The van der Waals surface area contributed by atoms with Gasteiger partial charge < -0.3 is 15.8 Å². The second-order valence-electron chi connectivity index (χ2n) is 6.35. The van der Waals surface area contributed by atoms with Crippen molar-refractivity contribution >= 4 is 24.0 Å². The number of ether oxygens (including phenoxy) is 1. The zero-order valence-electron chi connectivity index (χ0n) is 15.6. The van der Waals surface area contributed by atoms with E-state index in [9.17, 15) is 4.79 Å². The molecule has 28 heavy (non-hydrogen) atoms. The Morgan fingerprint density at radius 1 is 0.893 bits per heavy atom. The number of halogens is 1. The van der Waals surface area contributed by atoms with E-state index in [2.05, 4.69) is 17.4 Å². The second kappa shape index (κ2) is 11.1. The Morgan fingerprint density at radius 3 is 2.21 bits per heavy atom. The Kier molecular flexibility index (Phi) is 8.53. The Bertz CT molecular complexity index is 857. The SMILES string of the molecule is Cl.NC(CC(=O)Nc1ccccc1OCCc1ccccc1)c1ccccc1. The van der Waals surface area contributed by atoms with Gasteiger partial charge in [-0.2, -0.15) is 0 Å². The minimum atomic E-state index is -0.336. The minimum Gasteiger partial charge on any atom is -0.491 e. The van der Waals surface area contributed by atoms with Crippen molar-refractivity contribution in [2.45, 2.75) is 18.9 Å². The first-order valence-corrected chi connectivity index (χ1v) is 9.08. The fraction of sp³-hybridized carbons (Fsp3) is 0.174. The molecule has 3 aromatic rings. The van der Waals surface area contributed by atoms with Crippen LogP contribution in [0.1, 0.15) is 23.6 Å². The third kappa shape index (κ3) is 6.41. The van der Waals surface area contributed by atoms with Gasteiger partial charge in [0.2, 0.25) is 5.91 Å². The van der Waals surface area contributed by atoms with Gasteiger partial charge in [-0.15, -0.1) is 12.4 Å². The fourth-order valence-electron chi connectivity index (χ4n) is 2.84. The number of benzene rings is 3. The van der Waals surface area contributed by atoms with Crippen LogP contribution in [0.5, 0.6) is 5.75 Å². The molecule has 5 heteroatoms. The van der Waals surface area contributed by atoms with Crippen LogP contribution in [0.15, 0.2) is 84.9 Å².